The molecule has 0 fully saturated rings. The van der Waals surface area contributed by atoms with Gasteiger partial charge in [0, 0.05) is 24.5 Å². The van der Waals surface area contributed by atoms with Crippen molar-refractivity contribution in [2.75, 3.05) is 5.32 Å². The lowest BCUT2D eigenvalue weighted by Crippen LogP contribution is -2.08. The molecule has 1 heterocycles. The Morgan fingerprint density at radius 3 is 2.85 bits per heavy atom. The molecule has 1 N–H and O–H groups in total. The molecule has 106 valence electrons. The number of benzene rings is 1. The van der Waals surface area contributed by atoms with Crippen molar-refractivity contribution in [3.8, 4) is 0 Å². The quantitative estimate of drug-likeness (QED) is 0.648. The fourth-order valence-corrected chi connectivity index (χ4v) is 2.02. The molecular formula is C14H16FN3O2. The second-order valence-electron chi connectivity index (χ2n) is 4.47. The molecular weight excluding hydrogens is 261 g/mol. The third-order valence-corrected chi connectivity index (χ3v) is 3.01. The number of nitro benzene ring substituents is 1. The summed E-state index contributed by atoms with van der Waals surface area (Å²) in [5, 5.41) is 13.5. The topological polar surface area (TPSA) is 60.1 Å². The summed E-state index contributed by atoms with van der Waals surface area (Å²) in [5.41, 5.74) is 1.06. The minimum Gasteiger partial charge on any atom is -0.377 e. The third-order valence-electron chi connectivity index (χ3n) is 3.01. The largest absolute Gasteiger partial charge is 0.377 e. The number of halogens is 1. The van der Waals surface area contributed by atoms with Crippen molar-refractivity contribution < 1.29 is 9.31 Å². The standard InChI is InChI=1S/C14H16FN3O2/c1-2-7-17-8-3-4-12(17)10-16-14-6-5-11(18(19)20)9-13(14)15/h3-6,8-9,16H,2,7,10H2,1H3. The summed E-state index contributed by atoms with van der Waals surface area (Å²) < 4.78 is 15.8. The zero-order valence-electron chi connectivity index (χ0n) is 11.2. The average molecular weight is 277 g/mol. The van der Waals surface area contributed by atoms with Crippen molar-refractivity contribution in [1.29, 1.82) is 0 Å². The number of nitrogens with one attached hydrogen (secondary N) is 1. The van der Waals surface area contributed by atoms with Crippen LogP contribution in [0.3, 0.4) is 0 Å². The van der Waals surface area contributed by atoms with Crippen molar-refractivity contribution in [2.24, 2.45) is 0 Å². The SMILES string of the molecule is CCCn1cccc1CNc1ccc([N+](=O)[O-])cc1F. The number of rotatable bonds is 6. The summed E-state index contributed by atoms with van der Waals surface area (Å²) in [6, 6.07) is 7.51. The van der Waals surface area contributed by atoms with E-state index in [1.807, 2.05) is 18.3 Å². The van der Waals surface area contributed by atoms with Crippen LogP contribution >= 0.6 is 0 Å². The number of hydrogen-bond donors (Lipinski definition) is 1. The number of nitro groups is 1. The van der Waals surface area contributed by atoms with Gasteiger partial charge in [-0.1, -0.05) is 6.92 Å². The summed E-state index contributed by atoms with van der Waals surface area (Å²) in [7, 11) is 0. The monoisotopic (exact) mass is 277 g/mol. The van der Waals surface area contributed by atoms with Crippen LogP contribution in [0.2, 0.25) is 0 Å². The van der Waals surface area contributed by atoms with Gasteiger partial charge < -0.3 is 9.88 Å². The normalized spacial score (nSPS) is 10.5. The van der Waals surface area contributed by atoms with E-state index >= 15 is 0 Å². The number of nitrogens with zero attached hydrogens (tertiary/aromatic N) is 2. The predicted octanol–water partition coefficient (Wildman–Crippen LogP) is 3.56. The van der Waals surface area contributed by atoms with Crippen LogP contribution in [0.4, 0.5) is 15.8 Å². The van der Waals surface area contributed by atoms with Gasteiger partial charge in [-0.15, -0.1) is 0 Å². The van der Waals surface area contributed by atoms with E-state index in [1.165, 1.54) is 12.1 Å². The van der Waals surface area contributed by atoms with Crippen LogP contribution in [0.15, 0.2) is 36.5 Å². The van der Waals surface area contributed by atoms with Gasteiger partial charge in [-0.25, -0.2) is 4.39 Å². The minimum atomic E-state index is -0.618. The molecule has 6 heteroatoms. The van der Waals surface area contributed by atoms with E-state index < -0.39 is 10.7 Å². The molecule has 1 aromatic carbocycles. The molecule has 0 atom stereocenters. The smallest absolute Gasteiger partial charge is 0.272 e. The molecule has 0 aliphatic rings. The fraction of sp³-hybridized carbons (Fsp3) is 0.286. The molecule has 0 spiro atoms. The van der Waals surface area contributed by atoms with E-state index in [0.717, 1.165) is 24.7 Å². The lowest BCUT2D eigenvalue weighted by molar-refractivity contribution is -0.385. The lowest BCUT2D eigenvalue weighted by Gasteiger charge is -2.10. The van der Waals surface area contributed by atoms with Gasteiger partial charge in [0.2, 0.25) is 0 Å². The Morgan fingerprint density at radius 2 is 2.20 bits per heavy atom. The second kappa shape index (κ2) is 6.18. The first-order valence-electron chi connectivity index (χ1n) is 6.43. The average Bonchev–Trinajstić information content (AvgIpc) is 2.85. The Morgan fingerprint density at radius 1 is 1.40 bits per heavy atom. The number of hydrogen-bond acceptors (Lipinski definition) is 3. The summed E-state index contributed by atoms with van der Waals surface area (Å²) in [6.07, 6.45) is 3.00. The van der Waals surface area contributed by atoms with Crippen molar-refractivity contribution in [2.45, 2.75) is 26.4 Å². The number of aryl methyl sites for hydroxylation is 1. The van der Waals surface area contributed by atoms with Gasteiger partial charge in [-0.05, 0) is 24.6 Å². The summed E-state index contributed by atoms with van der Waals surface area (Å²) in [4.78, 5) is 9.93. The highest BCUT2D eigenvalue weighted by Gasteiger charge is 2.10. The molecule has 2 rings (SSSR count). The highest BCUT2D eigenvalue weighted by atomic mass is 19.1. The van der Waals surface area contributed by atoms with Crippen LogP contribution in [-0.4, -0.2) is 9.49 Å². The number of anilines is 1. The molecule has 0 aliphatic carbocycles. The molecule has 0 bridgehead atoms. The first kappa shape index (κ1) is 14.0. The first-order valence-corrected chi connectivity index (χ1v) is 6.43. The second-order valence-corrected chi connectivity index (χ2v) is 4.47. The fourth-order valence-electron chi connectivity index (χ4n) is 2.02. The molecule has 0 saturated carbocycles. The van der Waals surface area contributed by atoms with Crippen LogP contribution in [0, 0.1) is 15.9 Å². The molecule has 0 amide bonds. The van der Waals surface area contributed by atoms with Crippen LogP contribution in [0.5, 0.6) is 0 Å². The summed E-state index contributed by atoms with van der Waals surface area (Å²) in [6.45, 7) is 3.47. The van der Waals surface area contributed by atoms with E-state index in [1.54, 1.807) is 0 Å². The molecule has 2 aromatic rings. The van der Waals surface area contributed by atoms with E-state index in [-0.39, 0.29) is 11.4 Å². The zero-order chi connectivity index (χ0) is 14.5. The highest BCUT2D eigenvalue weighted by molar-refractivity contribution is 5.50. The van der Waals surface area contributed by atoms with Crippen LogP contribution < -0.4 is 5.32 Å². The van der Waals surface area contributed by atoms with Gasteiger partial charge in [0.05, 0.1) is 23.2 Å². The first-order chi connectivity index (χ1) is 9.61. The highest BCUT2D eigenvalue weighted by Crippen LogP contribution is 2.21. The van der Waals surface area contributed by atoms with E-state index in [4.69, 9.17) is 0 Å². The van der Waals surface area contributed by atoms with Crippen LogP contribution in [0.25, 0.3) is 0 Å². The number of aromatic nitrogens is 1. The molecule has 1 aromatic heterocycles. The summed E-state index contributed by atoms with van der Waals surface area (Å²) >= 11 is 0. The van der Waals surface area contributed by atoms with E-state index in [0.29, 0.717) is 6.54 Å². The van der Waals surface area contributed by atoms with Crippen molar-refractivity contribution >= 4 is 11.4 Å². The molecule has 0 saturated heterocycles. The van der Waals surface area contributed by atoms with Gasteiger partial charge in [-0.2, -0.15) is 0 Å². The van der Waals surface area contributed by atoms with Gasteiger partial charge in [0.1, 0.15) is 0 Å². The van der Waals surface area contributed by atoms with Gasteiger partial charge in [0.25, 0.3) is 5.69 Å². The molecule has 0 aliphatic heterocycles. The third kappa shape index (κ3) is 3.14. The van der Waals surface area contributed by atoms with Gasteiger partial charge in [0.15, 0.2) is 5.82 Å². The van der Waals surface area contributed by atoms with Gasteiger partial charge >= 0.3 is 0 Å². The van der Waals surface area contributed by atoms with Crippen molar-refractivity contribution in [3.63, 3.8) is 0 Å². The Bertz CT molecular complexity index is 610. The minimum absolute atomic E-state index is 0.248. The molecule has 20 heavy (non-hydrogen) atoms. The number of non-ortho nitro benzene ring substituents is 1. The van der Waals surface area contributed by atoms with Crippen molar-refractivity contribution in [1.82, 2.24) is 4.57 Å². The predicted molar refractivity (Wildman–Crippen MR) is 75.1 cm³/mol. The lowest BCUT2D eigenvalue weighted by atomic mass is 10.2. The Hall–Kier alpha value is -2.37. The molecule has 5 nitrogen and oxygen atoms in total. The maximum absolute atomic E-state index is 13.7. The van der Waals surface area contributed by atoms with Gasteiger partial charge in [-0.3, -0.25) is 10.1 Å². The van der Waals surface area contributed by atoms with Crippen LogP contribution in [0.1, 0.15) is 19.0 Å². The maximum atomic E-state index is 13.7. The maximum Gasteiger partial charge on any atom is 0.272 e. The zero-order valence-corrected chi connectivity index (χ0v) is 11.2. The van der Waals surface area contributed by atoms with E-state index in [9.17, 15) is 14.5 Å². The van der Waals surface area contributed by atoms with Crippen molar-refractivity contribution in [3.05, 3.63) is 58.2 Å². The Balaban J connectivity index is 2.07. The molecule has 0 unspecified atom stereocenters. The Labute approximate surface area is 116 Å². The Kier molecular flexibility index (Phi) is 4.34. The van der Waals surface area contributed by atoms with Crippen LogP contribution in [-0.2, 0) is 13.1 Å². The molecule has 0 radical (unpaired) electrons. The summed E-state index contributed by atoms with van der Waals surface area (Å²) in [5.74, 6) is -0.618. The van der Waals surface area contributed by atoms with E-state index in [2.05, 4.69) is 16.8 Å².